The van der Waals surface area contributed by atoms with Crippen LogP contribution in [-0.2, 0) is 6.42 Å². The molecule has 0 saturated heterocycles. The van der Waals surface area contributed by atoms with E-state index in [-0.39, 0.29) is 0 Å². The Balaban J connectivity index is 2.74. The third-order valence-electron chi connectivity index (χ3n) is 2.26. The van der Waals surface area contributed by atoms with Crippen LogP contribution >= 0.6 is 0 Å². The van der Waals surface area contributed by atoms with E-state index in [1.807, 2.05) is 13.0 Å². The summed E-state index contributed by atoms with van der Waals surface area (Å²) >= 11 is 0. The van der Waals surface area contributed by atoms with Gasteiger partial charge in [-0.1, -0.05) is 6.92 Å². The molecule has 0 aliphatic rings. The predicted molar refractivity (Wildman–Crippen MR) is 49.4 cm³/mol. The van der Waals surface area contributed by atoms with Crippen LogP contribution in [0.1, 0.15) is 23.9 Å². The van der Waals surface area contributed by atoms with Crippen molar-refractivity contribution in [3.63, 3.8) is 0 Å². The van der Waals surface area contributed by atoms with Gasteiger partial charge in [-0.2, -0.15) is 0 Å². The summed E-state index contributed by atoms with van der Waals surface area (Å²) in [5, 5.41) is 0. The van der Waals surface area contributed by atoms with E-state index < -0.39 is 0 Å². The molecule has 0 aliphatic heterocycles. The Morgan fingerprint density at radius 2 is 2.17 bits per heavy atom. The number of hydrogen-bond donors (Lipinski definition) is 1. The first kappa shape index (κ1) is 7.47. The highest BCUT2D eigenvalue weighted by Crippen LogP contribution is 2.25. The smallest absolute Gasteiger partial charge is 0.152 e. The van der Waals surface area contributed by atoms with Gasteiger partial charge >= 0.3 is 0 Å². The molecule has 1 N–H and O–H groups in total. The molecule has 2 aromatic heterocycles. The Labute approximate surface area is 71.6 Å². The minimum Gasteiger partial charge on any atom is -0.459 e. The van der Waals surface area contributed by atoms with Gasteiger partial charge in [-0.25, -0.2) is 0 Å². The lowest BCUT2D eigenvalue weighted by atomic mass is 10.2. The van der Waals surface area contributed by atoms with E-state index in [2.05, 4.69) is 18.8 Å². The van der Waals surface area contributed by atoms with Crippen LogP contribution in [0, 0.1) is 13.8 Å². The molecule has 12 heavy (non-hydrogen) atoms. The molecule has 0 radical (unpaired) electrons. The van der Waals surface area contributed by atoms with Gasteiger partial charge in [0.05, 0.1) is 5.52 Å². The number of rotatable bonds is 1. The fraction of sp³-hybridized carbons (Fsp3) is 0.400. The van der Waals surface area contributed by atoms with Gasteiger partial charge in [-0.3, -0.25) is 0 Å². The van der Waals surface area contributed by atoms with E-state index >= 15 is 0 Å². The summed E-state index contributed by atoms with van der Waals surface area (Å²) in [6.45, 7) is 6.25. The van der Waals surface area contributed by atoms with Crippen molar-refractivity contribution in [1.82, 2.24) is 4.98 Å². The summed E-state index contributed by atoms with van der Waals surface area (Å²) in [6, 6.07) is 2.04. The van der Waals surface area contributed by atoms with E-state index in [9.17, 15) is 0 Å². The number of nitrogens with one attached hydrogen (secondary N) is 1. The Morgan fingerprint density at radius 3 is 2.75 bits per heavy atom. The summed E-state index contributed by atoms with van der Waals surface area (Å²) in [5.74, 6) is 1.09. The van der Waals surface area contributed by atoms with Gasteiger partial charge < -0.3 is 9.40 Å². The molecule has 0 spiro atoms. The summed E-state index contributed by atoms with van der Waals surface area (Å²) in [6.07, 6.45) is 0.966. The van der Waals surface area contributed by atoms with Crippen molar-refractivity contribution in [2.24, 2.45) is 0 Å². The predicted octanol–water partition coefficient (Wildman–Crippen LogP) is 2.94. The van der Waals surface area contributed by atoms with Crippen LogP contribution in [0.3, 0.4) is 0 Å². The number of furan rings is 1. The van der Waals surface area contributed by atoms with Gasteiger partial charge in [-0.05, 0) is 13.8 Å². The van der Waals surface area contributed by atoms with E-state index in [1.54, 1.807) is 0 Å². The molecule has 2 heteroatoms. The number of H-pyrrole nitrogens is 1. The lowest BCUT2D eigenvalue weighted by Crippen LogP contribution is -1.79. The van der Waals surface area contributed by atoms with E-state index in [4.69, 9.17) is 4.42 Å². The first-order chi connectivity index (χ1) is 5.72. The molecule has 2 nitrogen and oxygen atoms in total. The normalized spacial score (nSPS) is 11.2. The van der Waals surface area contributed by atoms with Crippen molar-refractivity contribution in [2.45, 2.75) is 27.2 Å². The molecule has 0 atom stereocenters. The van der Waals surface area contributed by atoms with Crippen LogP contribution in [-0.4, -0.2) is 4.98 Å². The molecule has 0 saturated carbocycles. The van der Waals surface area contributed by atoms with Crippen LogP contribution < -0.4 is 0 Å². The third-order valence-corrected chi connectivity index (χ3v) is 2.26. The van der Waals surface area contributed by atoms with Crippen LogP contribution in [0.4, 0.5) is 0 Å². The molecule has 2 heterocycles. The second-order valence-electron chi connectivity index (χ2n) is 3.20. The molecule has 2 aromatic rings. The number of aromatic nitrogens is 1. The van der Waals surface area contributed by atoms with Crippen molar-refractivity contribution in [1.29, 1.82) is 0 Å². The average molecular weight is 163 g/mol. The van der Waals surface area contributed by atoms with Crippen molar-refractivity contribution < 1.29 is 4.42 Å². The van der Waals surface area contributed by atoms with Crippen LogP contribution in [0.5, 0.6) is 0 Å². The lowest BCUT2D eigenvalue weighted by molar-refractivity contribution is 0.553. The Hall–Kier alpha value is -1.18. The van der Waals surface area contributed by atoms with Crippen molar-refractivity contribution >= 4 is 11.1 Å². The lowest BCUT2D eigenvalue weighted by Gasteiger charge is -1.90. The topological polar surface area (TPSA) is 28.9 Å². The van der Waals surface area contributed by atoms with E-state index in [0.29, 0.717) is 0 Å². The Kier molecular flexibility index (Phi) is 1.50. The summed E-state index contributed by atoms with van der Waals surface area (Å²) in [5.41, 5.74) is 4.56. The van der Waals surface area contributed by atoms with Crippen LogP contribution in [0.25, 0.3) is 11.1 Å². The first-order valence-electron chi connectivity index (χ1n) is 4.30. The first-order valence-corrected chi connectivity index (χ1v) is 4.30. The second kappa shape index (κ2) is 2.41. The molecular formula is C10H13NO. The molecule has 0 aliphatic carbocycles. The Bertz CT molecular complexity index is 409. The fourth-order valence-corrected chi connectivity index (χ4v) is 1.61. The zero-order valence-electron chi connectivity index (χ0n) is 7.69. The van der Waals surface area contributed by atoms with Crippen molar-refractivity contribution in [2.75, 3.05) is 0 Å². The third kappa shape index (κ3) is 0.876. The van der Waals surface area contributed by atoms with Crippen molar-refractivity contribution in [3.05, 3.63) is 23.1 Å². The van der Waals surface area contributed by atoms with E-state index in [0.717, 1.165) is 29.0 Å². The zero-order valence-corrected chi connectivity index (χ0v) is 7.69. The molecule has 0 bridgehead atoms. The van der Waals surface area contributed by atoms with Gasteiger partial charge in [-0.15, -0.1) is 0 Å². The molecular weight excluding hydrogens is 150 g/mol. The van der Waals surface area contributed by atoms with Crippen LogP contribution in [0.2, 0.25) is 0 Å². The summed E-state index contributed by atoms with van der Waals surface area (Å²) < 4.78 is 5.64. The zero-order chi connectivity index (χ0) is 8.72. The van der Waals surface area contributed by atoms with Crippen molar-refractivity contribution in [3.8, 4) is 0 Å². The van der Waals surface area contributed by atoms with E-state index in [1.165, 1.54) is 5.56 Å². The molecule has 64 valence electrons. The maximum Gasteiger partial charge on any atom is 0.152 e. The minimum absolute atomic E-state index is 0.966. The second-order valence-corrected chi connectivity index (χ2v) is 3.20. The molecule has 0 unspecified atom stereocenters. The highest BCUT2D eigenvalue weighted by molar-refractivity contribution is 5.79. The number of fused-ring (bicyclic) bond motifs is 1. The number of aryl methyl sites for hydroxylation is 3. The van der Waals surface area contributed by atoms with Gasteiger partial charge in [0, 0.05) is 23.7 Å². The SMILES string of the molecule is CCc1oc2cc(C)[nH]c2c1C. The monoisotopic (exact) mass is 163 g/mol. The van der Waals surface area contributed by atoms with Gasteiger partial charge in [0.1, 0.15) is 5.76 Å². The fourth-order valence-electron chi connectivity index (χ4n) is 1.61. The van der Waals surface area contributed by atoms with Gasteiger partial charge in [0.2, 0.25) is 0 Å². The standard InChI is InChI=1S/C10H13NO/c1-4-8-7(3)10-9(12-8)5-6(2)11-10/h5,11H,4H2,1-3H3. The quantitative estimate of drug-likeness (QED) is 0.688. The summed E-state index contributed by atoms with van der Waals surface area (Å²) in [4.78, 5) is 3.29. The largest absolute Gasteiger partial charge is 0.459 e. The maximum absolute atomic E-state index is 5.64. The maximum atomic E-state index is 5.64. The molecule has 0 amide bonds. The van der Waals surface area contributed by atoms with Crippen LogP contribution in [0.15, 0.2) is 10.5 Å². The molecule has 2 rings (SSSR count). The van der Waals surface area contributed by atoms with Gasteiger partial charge in [0.15, 0.2) is 5.58 Å². The average Bonchev–Trinajstić information content (AvgIpc) is 2.51. The highest BCUT2D eigenvalue weighted by atomic mass is 16.3. The highest BCUT2D eigenvalue weighted by Gasteiger charge is 2.09. The number of aromatic amines is 1. The molecule has 0 fully saturated rings. The molecule has 0 aromatic carbocycles. The van der Waals surface area contributed by atoms with Gasteiger partial charge in [0.25, 0.3) is 0 Å². The minimum atomic E-state index is 0.966. The summed E-state index contributed by atoms with van der Waals surface area (Å²) in [7, 11) is 0. The Morgan fingerprint density at radius 1 is 1.42 bits per heavy atom. The number of hydrogen-bond acceptors (Lipinski definition) is 1.